The van der Waals surface area contributed by atoms with Gasteiger partial charge in [-0.05, 0) is 12.8 Å². The Morgan fingerprint density at radius 3 is 1.71 bits per heavy atom. The van der Waals surface area contributed by atoms with Gasteiger partial charge in [-0.1, -0.05) is 26.7 Å². The second-order valence-electron chi connectivity index (χ2n) is 6.67. The number of rotatable bonds is 15. The third-order valence-electron chi connectivity index (χ3n) is 4.09. The topological polar surface area (TPSA) is 154 Å². The maximum atomic E-state index is 12.0. The van der Waals surface area contributed by atoms with Crippen molar-refractivity contribution in [1.29, 1.82) is 0 Å². The normalized spacial score (nSPS) is 14.2. The largest absolute Gasteiger partial charge is 0.468 e. The van der Waals surface area contributed by atoms with Crippen LogP contribution in [0, 0.1) is 0 Å². The Kier molecular flexibility index (Phi) is 14.3. The van der Waals surface area contributed by atoms with E-state index in [0.29, 0.717) is 13.1 Å². The molecule has 0 spiro atoms. The Morgan fingerprint density at radius 1 is 0.929 bits per heavy atom. The van der Waals surface area contributed by atoms with E-state index < -0.39 is 36.0 Å². The van der Waals surface area contributed by atoms with Gasteiger partial charge >= 0.3 is 5.97 Å². The third-order valence-corrected chi connectivity index (χ3v) is 4.09. The van der Waals surface area contributed by atoms with Crippen LogP contribution in [0.5, 0.6) is 0 Å². The Morgan fingerprint density at radius 2 is 1.36 bits per heavy atom. The number of hydrogen-bond donors (Lipinski definition) is 5. The van der Waals surface area contributed by atoms with E-state index in [0.717, 1.165) is 25.7 Å². The van der Waals surface area contributed by atoms with Crippen molar-refractivity contribution in [2.75, 3.05) is 39.8 Å². The molecule has 0 bridgehead atoms. The van der Waals surface area contributed by atoms with Gasteiger partial charge in [-0.3, -0.25) is 19.3 Å². The molecule has 0 fully saturated rings. The van der Waals surface area contributed by atoms with E-state index in [4.69, 9.17) is 5.73 Å². The van der Waals surface area contributed by atoms with Crippen LogP contribution in [0.15, 0.2) is 0 Å². The van der Waals surface area contributed by atoms with E-state index in [9.17, 15) is 24.6 Å². The van der Waals surface area contributed by atoms with Crippen LogP contribution in [-0.2, 0) is 19.1 Å². The summed E-state index contributed by atoms with van der Waals surface area (Å²) in [6, 6.07) is -1.05. The Hall–Kier alpha value is -1.75. The zero-order valence-electron chi connectivity index (χ0n) is 17.1. The van der Waals surface area contributed by atoms with Gasteiger partial charge in [-0.25, -0.2) is 0 Å². The first kappa shape index (κ1) is 26.2. The molecule has 10 nitrogen and oxygen atoms in total. The van der Waals surface area contributed by atoms with E-state index in [1.165, 1.54) is 12.0 Å². The van der Waals surface area contributed by atoms with Gasteiger partial charge in [-0.15, -0.1) is 0 Å². The molecular formula is C18H36N4O6. The van der Waals surface area contributed by atoms with Gasteiger partial charge in [0.15, 0.2) is 0 Å². The number of nitrogens with two attached hydrogens (primary N) is 1. The van der Waals surface area contributed by atoms with Crippen molar-refractivity contribution in [3.05, 3.63) is 0 Å². The number of ether oxygens (including phenoxy) is 1. The van der Waals surface area contributed by atoms with Crippen molar-refractivity contribution in [1.82, 2.24) is 15.5 Å². The summed E-state index contributed by atoms with van der Waals surface area (Å²) >= 11 is 0. The molecule has 164 valence electrons. The van der Waals surface area contributed by atoms with Crippen molar-refractivity contribution in [2.45, 2.75) is 57.8 Å². The number of nitrogens with one attached hydrogen (secondary N) is 2. The summed E-state index contributed by atoms with van der Waals surface area (Å²) in [4.78, 5) is 36.9. The first-order valence-corrected chi connectivity index (χ1v) is 9.74. The van der Waals surface area contributed by atoms with Gasteiger partial charge in [0.05, 0.1) is 7.11 Å². The number of carbonyl (C=O) groups is 3. The maximum Gasteiger partial charge on any atom is 0.323 e. The SMILES string of the molecule is CCCCNC(=O)C(O)CN(CC(N)C(=O)OC)CC(O)C(=O)NCCCC. The highest BCUT2D eigenvalue weighted by molar-refractivity contribution is 5.81. The lowest BCUT2D eigenvalue weighted by Gasteiger charge is -2.28. The fraction of sp³-hybridized carbons (Fsp3) is 0.833. The van der Waals surface area contributed by atoms with E-state index in [1.807, 2.05) is 13.8 Å². The van der Waals surface area contributed by atoms with E-state index in [2.05, 4.69) is 15.4 Å². The summed E-state index contributed by atoms with van der Waals surface area (Å²) in [6.07, 6.45) is 0.582. The quantitative estimate of drug-likeness (QED) is 0.161. The highest BCUT2D eigenvalue weighted by Crippen LogP contribution is 2.01. The Balaban J connectivity index is 4.87. The van der Waals surface area contributed by atoms with Gasteiger partial charge in [0.25, 0.3) is 0 Å². The molecule has 3 atom stereocenters. The van der Waals surface area contributed by atoms with Crippen LogP contribution in [0.3, 0.4) is 0 Å². The zero-order valence-corrected chi connectivity index (χ0v) is 17.1. The molecule has 0 radical (unpaired) electrons. The van der Waals surface area contributed by atoms with Crippen molar-refractivity contribution in [2.24, 2.45) is 5.73 Å². The van der Waals surface area contributed by atoms with Crippen LogP contribution < -0.4 is 16.4 Å². The number of esters is 1. The predicted molar refractivity (Wildman–Crippen MR) is 104 cm³/mol. The van der Waals surface area contributed by atoms with Crippen molar-refractivity contribution in [3.63, 3.8) is 0 Å². The van der Waals surface area contributed by atoms with Crippen LogP contribution in [0.1, 0.15) is 39.5 Å². The van der Waals surface area contributed by atoms with Crippen LogP contribution in [0.2, 0.25) is 0 Å². The maximum absolute atomic E-state index is 12.0. The molecule has 3 unspecified atom stereocenters. The van der Waals surface area contributed by atoms with Gasteiger partial charge in [0.2, 0.25) is 11.8 Å². The third kappa shape index (κ3) is 11.2. The lowest BCUT2D eigenvalue weighted by Crippen LogP contribution is -2.52. The zero-order chi connectivity index (χ0) is 21.5. The van der Waals surface area contributed by atoms with Gasteiger partial charge in [0, 0.05) is 32.7 Å². The number of hydrogen-bond acceptors (Lipinski definition) is 8. The van der Waals surface area contributed by atoms with Crippen molar-refractivity contribution < 1.29 is 29.3 Å². The smallest absolute Gasteiger partial charge is 0.323 e. The number of methoxy groups -OCH3 is 1. The second-order valence-corrected chi connectivity index (χ2v) is 6.67. The summed E-state index contributed by atoms with van der Waals surface area (Å²) in [5.74, 6) is -1.80. The summed E-state index contributed by atoms with van der Waals surface area (Å²) in [5.41, 5.74) is 5.75. The number of unbranched alkanes of at least 4 members (excludes halogenated alkanes) is 2. The van der Waals surface area contributed by atoms with E-state index >= 15 is 0 Å². The number of nitrogens with zero attached hydrogens (tertiary/aromatic N) is 1. The minimum absolute atomic E-state index is 0.0920. The molecule has 0 saturated carbocycles. The summed E-state index contributed by atoms with van der Waals surface area (Å²) in [6.45, 7) is 4.36. The molecule has 0 aromatic heterocycles. The van der Waals surface area contributed by atoms with Crippen molar-refractivity contribution in [3.8, 4) is 0 Å². The van der Waals surface area contributed by atoms with Gasteiger partial charge < -0.3 is 31.3 Å². The molecule has 2 amide bonds. The number of carbonyl (C=O) groups excluding carboxylic acids is 3. The first-order chi connectivity index (χ1) is 13.3. The standard InChI is InChI=1S/C18H36N4O6/c1-4-6-8-20-16(25)14(23)11-22(10-13(19)18(27)28-3)12-15(24)17(26)21-9-7-5-2/h13-15,23-24H,4-12,19H2,1-3H3,(H,20,25)(H,21,26). The number of amides is 2. The van der Waals surface area contributed by atoms with Crippen molar-refractivity contribution >= 4 is 17.8 Å². The molecule has 0 aliphatic carbocycles. The molecule has 0 aliphatic rings. The van der Waals surface area contributed by atoms with Gasteiger partial charge in [0.1, 0.15) is 18.2 Å². The van der Waals surface area contributed by atoms with E-state index in [1.54, 1.807) is 0 Å². The fourth-order valence-electron chi connectivity index (χ4n) is 2.40. The Labute approximate surface area is 166 Å². The molecule has 0 heterocycles. The molecule has 0 aromatic rings. The molecule has 10 heteroatoms. The summed E-state index contributed by atoms with van der Waals surface area (Å²) in [7, 11) is 1.19. The minimum Gasteiger partial charge on any atom is -0.468 e. The van der Waals surface area contributed by atoms with Crippen LogP contribution in [0.4, 0.5) is 0 Å². The first-order valence-electron chi connectivity index (χ1n) is 9.74. The molecule has 0 aliphatic heterocycles. The highest BCUT2D eigenvalue weighted by atomic mass is 16.5. The van der Waals surface area contributed by atoms with E-state index in [-0.39, 0.29) is 19.6 Å². The monoisotopic (exact) mass is 404 g/mol. The lowest BCUT2D eigenvalue weighted by atomic mass is 10.2. The molecule has 28 heavy (non-hydrogen) atoms. The minimum atomic E-state index is -1.39. The molecule has 0 saturated heterocycles. The van der Waals surface area contributed by atoms with Crippen LogP contribution in [0.25, 0.3) is 0 Å². The van der Waals surface area contributed by atoms with Gasteiger partial charge in [-0.2, -0.15) is 0 Å². The molecule has 0 rings (SSSR count). The number of aliphatic hydroxyl groups is 2. The Bertz CT molecular complexity index is 447. The lowest BCUT2D eigenvalue weighted by molar-refractivity contribution is -0.142. The molecular weight excluding hydrogens is 368 g/mol. The van der Waals surface area contributed by atoms with Crippen LogP contribution in [-0.4, -0.2) is 91.0 Å². The predicted octanol–water partition coefficient (Wildman–Crippen LogP) is -1.66. The van der Waals surface area contributed by atoms with Crippen LogP contribution >= 0.6 is 0 Å². The average Bonchev–Trinajstić information content (AvgIpc) is 2.67. The molecule has 6 N–H and O–H groups in total. The summed E-state index contributed by atoms with van der Waals surface area (Å²) < 4.78 is 4.57. The average molecular weight is 405 g/mol. The number of aliphatic hydroxyl groups excluding tert-OH is 2. The highest BCUT2D eigenvalue weighted by Gasteiger charge is 2.27. The fourth-order valence-corrected chi connectivity index (χ4v) is 2.40. The second kappa shape index (κ2) is 15.2. The molecule has 0 aromatic carbocycles. The summed E-state index contributed by atoms with van der Waals surface area (Å²) in [5, 5.41) is 25.5.